The number of nitrogens with one attached hydrogen (secondary N) is 1. The van der Waals surface area contributed by atoms with E-state index in [-0.39, 0.29) is 17.7 Å². The van der Waals surface area contributed by atoms with E-state index in [1.54, 1.807) is 0 Å². The first-order valence-corrected chi connectivity index (χ1v) is 6.15. The Bertz CT molecular complexity index is 629. The number of hydrogen-bond donors (Lipinski definition) is 3. The summed E-state index contributed by atoms with van der Waals surface area (Å²) in [6, 6.07) is 9.29. The van der Waals surface area contributed by atoms with Crippen molar-refractivity contribution in [3.05, 3.63) is 41.6 Å². The minimum absolute atomic E-state index is 0.0729. The van der Waals surface area contributed by atoms with Gasteiger partial charge in [-0.15, -0.1) is 0 Å². The summed E-state index contributed by atoms with van der Waals surface area (Å²) in [5.41, 5.74) is 2.53. The van der Waals surface area contributed by atoms with E-state index < -0.39 is 5.97 Å². The monoisotopic (exact) mass is 258 g/mol. The Labute approximate surface area is 109 Å². The third kappa shape index (κ3) is 2.02. The second-order valence-electron chi connectivity index (χ2n) is 4.99. The zero-order chi connectivity index (χ0) is 13.5. The molecule has 0 bridgehead atoms. The number of aromatic amines is 1. The largest absolute Gasteiger partial charge is 0.477 e. The lowest BCUT2D eigenvalue weighted by molar-refractivity contribution is 0.0690. The van der Waals surface area contributed by atoms with E-state index >= 15 is 0 Å². The number of H-pyrrole nitrogens is 1. The van der Waals surface area contributed by atoms with Crippen LogP contribution in [0.2, 0.25) is 0 Å². The Balaban J connectivity index is 1.96. The second kappa shape index (κ2) is 4.20. The minimum atomic E-state index is -1.02. The van der Waals surface area contributed by atoms with Gasteiger partial charge in [0.1, 0.15) is 5.69 Å². The molecule has 3 N–H and O–H groups in total. The Morgan fingerprint density at radius 3 is 2.74 bits per heavy atom. The summed E-state index contributed by atoms with van der Waals surface area (Å²) in [6.45, 7) is 0.150. The summed E-state index contributed by atoms with van der Waals surface area (Å²) in [4.78, 5) is 10.8. The van der Waals surface area contributed by atoms with Crippen molar-refractivity contribution in [3.63, 3.8) is 0 Å². The predicted octanol–water partition coefficient (Wildman–Crippen LogP) is 1.80. The van der Waals surface area contributed by atoms with E-state index in [9.17, 15) is 9.90 Å². The van der Waals surface area contributed by atoms with Gasteiger partial charge in [-0.2, -0.15) is 5.10 Å². The molecule has 3 rings (SSSR count). The van der Waals surface area contributed by atoms with Crippen molar-refractivity contribution in [2.75, 3.05) is 6.61 Å². The Morgan fingerprint density at radius 2 is 2.16 bits per heavy atom. The molecule has 5 heteroatoms. The number of hydrogen-bond acceptors (Lipinski definition) is 3. The Hall–Kier alpha value is -2.14. The van der Waals surface area contributed by atoms with Crippen LogP contribution >= 0.6 is 0 Å². The SMILES string of the molecule is O=C(O)c1cc(-c2cccc(C3(CO)CC3)c2)n[nH]1. The van der Waals surface area contributed by atoms with Crippen molar-refractivity contribution in [1.29, 1.82) is 0 Å². The number of aromatic nitrogens is 2. The van der Waals surface area contributed by atoms with Crippen LogP contribution in [0.15, 0.2) is 30.3 Å². The van der Waals surface area contributed by atoms with Crippen molar-refractivity contribution in [2.45, 2.75) is 18.3 Å². The fourth-order valence-corrected chi connectivity index (χ4v) is 2.28. The Morgan fingerprint density at radius 1 is 1.37 bits per heavy atom. The van der Waals surface area contributed by atoms with E-state index in [1.807, 2.05) is 24.3 Å². The van der Waals surface area contributed by atoms with Gasteiger partial charge in [0, 0.05) is 11.0 Å². The summed E-state index contributed by atoms with van der Waals surface area (Å²) in [6.07, 6.45) is 1.99. The second-order valence-corrected chi connectivity index (χ2v) is 4.99. The number of carbonyl (C=O) groups is 1. The molecule has 0 unspecified atom stereocenters. The maximum atomic E-state index is 10.8. The molecule has 1 aromatic heterocycles. The maximum absolute atomic E-state index is 10.8. The van der Waals surface area contributed by atoms with E-state index in [2.05, 4.69) is 10.2 Å². The molecule has 0 aliphatic heterocycles. The highest BCUT2D eigenvalue weighted by molar-refractivity contribution is 5.86. The highest BCUT2D eigenvalue weighted by Crippen LogP contribution is 2.48. The lowest BCUT2D eigenvalue weighted by atomic mass is 9.94. The van der Waals surface area contributed by atoms with Crippen LogP contribution in [-0.2, 0) is 5.41 Å². The summed E-state index contributed by atoms with van der Waals surface area (Å²) in [5.74, 6) is -1.02. The third-order valence-corrected chi connectivity index (χ3v) is 3.74. The van der Waals surface area contributed by atoms with Gasteiger partial charge in [-0.05, 0) is 30.5 Å². The van der Waals surface area contributed by atoms with Gasteiger partial charge in [0.05, 0.1) is 12.3 Å². The van der Waals surface area contributed by atoms with Crippen LogP contribution < -0.4 is 0 Å². The average Bonchev–Trinajstić information content (AvgIpc) is 3.07. The van der Waals surface area contributed by atoms with Crippen molar-refractivity contribution < 1.29 is 15.0 Å². The smallest absolute Gasteiger partial charge is 0.353 e. The molecule has 19 heavy (non-hydrogen) atoms. The van der Waals surface area contributed by atoms with E-state index in [0.29, 0.717) is 5.69 Å². The Kier molecular flexibility index (Phi) is 2.64. The average molecular weight is 258 g/mol. The number of benzene rings is 1. The number of nitrogens with zero attached hydrogens (tertiary/aromatic N) is 1. The van der Waals surface area contributed by atoms with Crippen LogP contribution in [-0.4, -0.2) is 33.0 Å². The molecule has 5 nitrogen and oxygen atoms in total. The lowest BCUT2D eigenvalue weighted by Gasteiger charge is -2.12. The molecule has 1 aliphatic carbocycles. The van der Waals surface area contributed by atoms with Gasteiger partial charge in [0.2, 0.25) is 0 Å². The first-order valence-electron chi connectivity index (χ1n) is 6.15. The zero-order valence-corrected chi connectivity index (χ0v) is 10.3. The fourth-order valence-electron chi connectivity index (χ4n) is 2.28. The summed E-state index contributed by atoms with van der Waals surface area (Å²) in [7, 11) is 0. The molecular formula is C14H14N2O3. The molecule has 0 radical (unpaired) electrons. The normalized spacial score (nSPS) is 16.3. The van der Waals surface area contributed by atoms with Gasteiger partial charge < -0.3 is 10.2 Å². The van der Waals surface area contributed by atoms with Gasteiger partial charge in [-0.1, -0.05) is 18.2 Å². The molecule has 1 heterocycles. The van der Waals surface area contributed by atoms with Crippen LogP contribution in [0.5, 0.6) is 0 Å². The molecule has 0 amide bonds. The summed E-state index contributed by atoms with van der Waals surface area (Å²) in [5, 5.41) is 24.8. The standard InChI is InChI=1S/C14H14N2O3/c17-8-14(4-5-14)10-3-1-2-9(6-10)11-7-12(13(18)19)16-15-11/h1-3,6-7,17H,4-5,8H2,(H,15,16)(H,18,19). The first kappa shape index (κ1) is 11.9. The van der Waals surface area contributed by atoms with Gasteiger partial charge in [-0.3, -0.25) is 5.10 Å². The third-order valence-electron chi connectivity index (χ3n) is 3.74. The molecule has 1 fully saturated rings. The van der Waals surface area contributed by atoms with Crippen LogP contribution in [0.1, 0.15) is 28.9 Å². The minimum Gasteiger partial charge on any atom is -0.477 e. The summed E-state index contributed by atoms with van der Waals surface area (Å²) >= 11 is 0. The fraction of sp³-hybridized carbons (Fsp3) is 0.286. The number of rotatable bonds is 4. The number of aliphatic hydroxyl groups excluding tert-OH is 1. The van der Waals surface area contributed by atoms with Gasteiger partial charge in [-0.25, -0.2) is 4.79 Å². The van der Waals surface area contributed by atoms with Crippen molar-refractivity contribution in [1.82, 2.24) is 10.2 Å². The van der Waals surface area contributed by atoms with Crippen LogP contribution in [0.25, 0.3) is 11.3 Å². The van der Waals surface area contributed by atoms with Crippen LogP contribution in [0.4, 0.5) is 0 Å². The lowest BCUT2D eigenvalue weighted by Crippen LogP contribution is -2.11. The maximum Gasteiger partial charge on any atom is 0.353 e. The number of carboxylic acid groups (broad SMARTS) is 1. The molecule has 0 atom stereocenters. The molecule has 98 valence electrons. The van der Waals surface area contributed by atoms with E-state index in [1.165, 1.54) is 6.07 Å². The zero-order valence-electron chi connectivity index (χ0n) is 10.3. The van der Waals surface area contributed by atoms with Crippen LogP contribution in [0.3, 0.4) is 0 Å². The predicted molar refractivity (Wildman–Crippen MR) is 69.0 cm³/mol. The first-order chi connectivity index (χ1) is 9.14. The molecular weight excluding hydrogens is 244 g/mol. The van der Waals surface area contributed by atoms with Gasteiger partial charge >= 0.3 is 5.97 Å². The van der Waals surface area contributed by atoms with Gasteiger partial charge in [0.15, 0.2) is 0 Å². The molecule has 1 aliphatic rings. The molecule has 2 aromatic rings. The van der Waals surface area contributed by atoms with Crippen molar-refractivity contribution in [2.24, 2.45) is 0 Å². The molecule has 0 spiro atoms. The number of carboxylic acids is 1. The highest BCUT2D eigenvalue weighted by Gasteiger charge is 2.43. The van der Waals surface area contributed by atoms with Crippen molar-refractivity contribution >= 4 is 5.97 Å². The van der Waals surface area contributed by atoms with E-state index in [4.69, 9.17) is 5.11 Å². The summed E-state index contributed by atoms with van der Waals surface area (Å²) < 4.78 is 0. The van der Waals surface area contributed by atoms with Crippen LogP contribution in [0, 0.1) is 0 Å². The van der Waals surface area contributed by atoms with Gasteiger partial charge in [0.25, 0.3) is 0 Å². The molecule has 1 saturated carbocycles. The van der Waals surface area contributed by atoms with Crippen molar-refractivity contribution in [3.8, 4) is 11.3 Å². The topological polar surface area (TPSA) is 86.2 Å². The highest BCUT2D eigenvalue weighted by atomic mass is 16.4. The number of aliphatic hydroxyl groups is 1. The number of aromatic carboxylic acids is 1. The quantitative estimate of drug-likeness (QED) is 0.780. The molecule has 1 aromatic carbocycles. The molecule has 0 saturated heterocycles. The van der Waals surface area contributed by atoms with E-state index in [0.717, 1.165) is 24.0 Å².